The first-order valence-corrected chi connectivity index (χ1v) is 5.98. The van der Waals surface area contributed by atoms with Crippen LogP contribution in [0.25, 0.3) is 0 Å². The molecule has 0 aromatic carbocycles. The molecule has 1 aliphatic rings. The zero-order valence-electron chi connectivity index (χ0n) is 9.10. The lowest BCUT2D eigenvalue weighted by Gasteiger charge is -2.20. The first kappa shape index (κ1) is 10.9. The van der Waals surface area contributed by atoms with Gasteiger partial charge in [-0.3, -0.25) is 0 Å². The van der Waals surface area contributed by atoms with Crippen molar-refractivity contribution in [2.45, 2.75) is 31.7 Å². The molecule has 0 spiro atoms. The Morgan fingerprint density at radius 3 is 2.93 bits per heavy atom. The van der Waals surface area contributed by atoms with Crippen molar-refractivity contribution in [2.24, 2.45) is 0 Å². The first-order valence-electron chi connectivity index (χ1n) is 5.10. The van der Waals surface area contributed by atoms with E-state index in [0.717, 1.165) is 0 Å². The molecule has 2 unspecified atom stereocenters. The molecule has 0 N–H and O–H groups in total. The standard InChI is InChI=1S/C12H16O2S/c1-4-9(11-6-5-7-15-11)10-8-13-12(2,3)14-10/h4-7,9-10H,1,8H2,2-3H3. The summed E-state index contributed by atoms with van der Waals surface area (Å²) in [5, 5.41) is 2.08. The van der Waals surface area contributed by atoms with E-state index in [4.69, 9.17) is 9.47 Å². The minimum absolute atomic E-state index is 0.0937. The van der Waals surface area contributed by atoms with E-state index < -0.39 is 5.79 Å². The lowest BCUT2D eigenvalue weighted by atomic mass is 10.0. The Kier molecular flexibility index (Phi) is 2.96. The summed E-state index contributed by atoms with van der Waals surface area (Å²) < 4.78 is 11.4. The van der Waals surface area contributed by atoms with Gasteiger partial charge < -0.3 is 9.47 Å². The van der Waals surface area contributed by atoms with Crippen molar-refractivity contribution in [3.8, 4) is 0 Å². The maximum absolute atomic E-state index is 5.84. The van der Waals surface area contributed by atoms with Crippen LogP contribution < -0.4 is 0 Å². The Bertz CT molecular complexity index is 329. The maximum Gasteiger partial charge on any atom is 0.163 e. The Labute approximate surface area is 94.5 Å². The summed E-state index contributed by atoms with van der Waals surface area (Å²) >= 11 is 1.74. The molecule has 1 fully saturated rings. The summed E-state index contributed by atoms with van der Waals surface area (Å²) in [6, 6.07) is 4.17. The van der Waals surface area contributed by atoms with E-state index in [1.807, 2.05) is 19.9 Å². The van der Waals surface area contributed by atoms with Gasteiger partial charge in [0.25, 0.3) is 0 Å². The summed E-state index contributed by atoms with van der Waals surface area (Å²) in [6.07, 6.45) is 2.04. The Balaban J connectivity index is 2.12. The quantitative estimate of drug-likeness (QED) is 0.734. The predicted octanol–water partition coefficient (Wildman–Crippen LogP) is 3.17. The molecule has 1 aromatic heterocycles. The zero-order valence-corrected chi connectivity index (χ0v) is 9.92. The molecule has 0 aliphatic carbocycles. The van der Waals surface area contributed by atoms with E-state index >= 15 is 0 Å². The number of thiophene rings is 1. The molecule has 15 heavy (non-hydrogen) atoms. The SMILES string of the molecule is C=CC(c1cccs1)C1COC(C)(C)O1. The third-order valence-corrected chi connectivity index (χ3v) is 3.53. The maximum atomic E-state index is 5.84. The van der Waals surface area contributed by atoms with Crippen LogP contribution in [0.5, 0.6) is 0 Å². The monoisotopic (exact) mass is 224 g/mol. The van der Waals surface area contributed by atoms with Gasteiger partial charge in [-0.1, -0.05) is 12.1 Å². The summed E-state index contributed by atoms with van der Waals surface area (Å²) in [5.74, 6) is -0.213. The Morgan fingerprint density at radius 1 is 1.67 bits per heavy atom. The molecular weight excluding hydrogens is 208 g/mol. The van der Waals surface area contributed by atoms with Gasteiger partial charge in [0.05, 0.1) is 12.7 Å². The van der Waals surface area contributed by atoms with Gasteiger partial charge in [-0.25, -0.2) is 0 Å². The minimum atomic E-state index is -0.455. The molecule has 3 heteroatoms. The second-order valence-electron chi connectivity index (χ2n) is 4.14. The minimum Gasteiger partial charge on any atom is -0.348 e. The molecule has 1 aromatic rings. The number of ether oxygens (including phenoxy) is 2. The highest BCUT2D eigenvalue weighted by atomic mass is 32.1. The third kappa shape index (κ3) is 2.30. The van der Waals surface area contributed by atoms with Crippen molar-refractivity contribution in [1.82, 2.24) is 0 Å². The van der Waals surface area contributed by atoms with Crippen molar-refractivity contribution >= 4 is 11.3 Å². The smallest absolute Gasteiger partial charge is 0.163 e. The fraction of sp³-hybridized carbons (Fsp3) is 0.500. The van der Waals surface area contributed by atoms with Crippen LogP contribution >= 0.6 is 11.3 Å². The van der Waals surface area contributed by atoms with Gasteiger partial charge >= 0.3 is 0 Å². The number of rotatable bonds is 3. The van der Waals surface area contributed by atoms with Crippen molar-refractivity contribution in [3.63, 3.8) is 0 Å². The van der Waals surface area contributed by atoms with Crippen LogP contribution in [0.4, 0.5) is 0 Å². The topological polar surface area (TPSA) is 18.5 Å². The van der Waals surface area contributed by atoms with E-state index in [9.17, 15) is 0 Å². The summed E-state index contributed by atoms with van der Waals surface area (Å²) in [6.45, 7) is 8.41. The van der Waals surface area contributed by atoms with Crippen LogP contribution in [-0.2, 0) is 9.47 Å². The summed E-state index contributed by atoms with van der Waals surface area (Å²) in [5.41, 5.74) is 0. The summed E-state index contributed by atoms with van der Waals surface area (Å²) in [4.78, 5) is 1.29. The van der Waals surface area contributed by atoms with Gasteiger partial charge in [0.2, 0.25) is 0 Å². The molecule has 1 saturated heterocycles. The molecule has 2 atom stereocenters. The van der Waals surface area contributed by atoms with Crippen LogP contribution in [0.2, 0.25) is 0 Å². The van der Waals surface area contributed by atoms with Crippen LogP contribution in [0.15, 0.2) is 30.2 Å². The fourth-order valence-corrected chi connectivity index (χ4v) is 2.70. The Morgan fingerprint density at radius 2 is 2.47 bits per heavy atom. The molecule has 0 amide bonds. The second kappa shape index (κ2) is 4.08. The van der Waals surface area contributed by atoms with E-state index in [2.05, 4.69) is 24.1 Å². The molecule has 2 nitrogen and oxygen atoms in total. The van der Waals surface area contributed by atoms with Gasteiger partial charge in [-0.05, 0) is 25.3 Å². The average Bonchev–Trinajstić information content (AvgIpc) is 2.77. The first-order chi connectivity index (χ1) is 7.12. The molecule has 0 bridgehead atoms. The molecule has 1 aliphatic heterocycles. The molecule has 0 radical (unpaired) electrons. The van der Waals surface area contributed by atoms with E-state index in [-0.39, 0.29) is 12.0 Å². The highest BCUT2D eigenvalue weighted by Gasteiger charge is 2.37. The third-order valence-electron chi connectivity index (χ3n) is 2.56. The summed E-state index contributed by atoms with van der Waals surface area (Å²) in [7, 11) is 0. The molecule has 82 valence electrons. The molecule has 2 heterocycles. The van der Waals surface area contributed by atoms with Gasteiger partial charge in [-0.2, -0.15) is 0 Å². The lowest BCUT2D eigenvalue weighted by molar-refractivity contribution is -0.139. The van der Waals surface area contributed by atoms with Crippen molar-refractivity contribution < 1.29 is 9.47 Å². The highest BCUT2D eigenvalue weighted by molar-refractivity contribution is 7.10. The van der Waals surface area contributed by atoms with Gasteiger partial charge in [-0.15, -0.1) is 17.9 Å². The van der Waals surface area contributed by atoms with Crippen LogP contribution in [0.3, 0.4) is 0 Å². The average molecular weight is 224 g/mol. The predicted molar refractivity (Wildman–Crippen MR) is 62.2 cm³/mol. The number of hydrogen-bond donors (Lipinski definition) is 0. The molecule has 2 rings (SSSR count). The normalized spacial score (nSPS) is 26.4. The van der Waals surface area contributed by atoms with Gasteiger partial charge in [0, 0.05) is 10.8 Å². The highest BCUT2D eigenvalue weighted by Crippen LogP contribution is 2.34. The molecule has 0 saturated carbocycles. The van der Waals surface area contributed by atoms with E-state index in [0.29, 0.717) is 6.61 Å². The van der Waals surface area contributed by atoms with Gasteiger partial charge in [0.1, 0.15) is 0 Å². The van der Waals surface area contributed by atoms with Crippen molar-refractivity contribution in [2.75, 3.05) is 6.61 Å². The van der Waals surface area contributed by atoms with Crippen molar-refractivity contribution in [1.29, 1.82) is 0 Å². The lowest BCUT2D eigenvalue weighted by Crippen LogP contribution is -2.24. The van der Waals surface area contributed by atoms with Crippen LogP contribution in [-0.4, -0.2) is 18.5 Å². The van der Waals surface area contributed by atoms with E-state index in [1.165, 1.54) is 4.88 Å². The number of hydrogen-bond acceptors (Lipinski definition) is 3. The fourth-order valence-electron chi connectivity index (χ4n) is 1.82. The molecular formula is C12H16O2S. The van der Waals surface area contributed by atoms with Crippen LogP contribution in [0, 0.1) is 0 Å². The largest absolute Gasteiger partial charge is 0.348 e. The van der Waals surface area contributed by atoms with Crippen molar-refractivity contribution in [3.05, 3.63) is 35.0 Å². The van der Waals surface area contributed by atoms with Gasteiger partial charge in [0.15, 0.2) is 5.79 Å². The zero-order chi connectivity index (χ0) is 10.9. The van der Waals surface area contributed by atoms with Crippen LogP contribution in [0.1, 0.15) is 24.6 Å². The Hall–Kier alpha value is -0.640. The second-order valence-corrected chi connectivity index (χ2v) is 5.12. The van der Waals surface area contributed by atoms with E-state index in [1.54, 1.807) is 11.3 Å².